The van der Waals surface area contributed by atoms with E-state index in [0.29, 0.717) is 23.7 Å². The Hall–Kier alpha value is -1.49. The van der Waals surface area contributed by atoms with Crippen molar-refractivity contribution in [3.63, 3.8) is 0 Å². The molecule has 3 aromatic rings. The molecule has 3 rings (SSSR count). The van der Waals surface area contributed by atoms with Gasteiger partial charge in [-0.05, 0) is 24.3 Å². The number of fused-ring (bicyclic) bond motifs is 1. The predicted octanol–water partition coefficient (Wildman–Crippen LogP) is 4.38. The van der Waals surface area contributed by atoms with E-state index >= 15 is 0 Å². The first-order valence-electron chi connectivity index (χ1n) is 6.22. The summed E-state index contributed by atoms with van der Waals surface area (Å²) in [6, 6.07) is 12.7. The highest BCUT2D eigenvalue weighted by Crippen LogP contribution is 2.22. The van der Waals surface area contributed by atoms with Crippen LogP contribution in [0.2, 0.25) is 5.02 Å². The van der Waals surface area contributed by atoms with Crippen LogP contribution in [-0.4, -0.2) is 4.98 Å². The third kappa shape index (κ3) is 2.82. The molecule has 0 amide bonds. The molecule has 0 unspecified atom stereocenters. The van der Waals surface area contributed by atoms with Crippen LogP contribution < -0.4 is 5.32 Å². The number of hydrogen-bond acceptors (Lipinski definition) is 3. The minimum atomic E-state index is -0.283. The standard InChI is InChI=1S/C15H12ClFN2S/c16-11-4-3-5-12(17)10(11)8-18-9-15-19-13-6-1-2-7-14(13)20-15/h1-7,18H,8-9H2. The summed E-state index contributed by atoms with van der Waals surface area (Å²) in [5, 5.41) is 4.62. The molecule has 2 aromatic carbocycles. The zero-order valence-electron chi connectivity index (χ0n) is 10.6. The lowest BCUT2D eigenvalue weighted by molar-refractivity contribution is 0.588. The Bertz CT molecular complexity index is 688. The summed E-state index contributed by atoms with van der Waals surface area (Å²) in [5.74, 6) is -0.283. The molecule has 0 saturated heterocycles. The van der Waals surface area contributed by atoms with Crippen LogP contribution in [0.4, 0.5) is 4.39 Å². The molecule has 0 atom stereocenters. The van der Waals surface area contributed by atoms with Gasteiger partial charge in [-0.1, -0.05) is 29.8 Å². The van der Waals surface area contributed by atoms with Crippen molar-refractivity contribution in [2.75, 3.05) is 0 Å². The van der Waals surface area contributed by atoms with Crippen molar-refractivity contribution in [2.45, 2.75) is 13.1 Å². The Morgan fingerprint density at radius 1 is 1.10 bits per heavy atom. The van der Waals surface area contributed by atoms with E-state index in [-0.39, 0.29) is 5.82 Å². The highest BCUT2D eigenvalue weighted by molar-refractivity contribution is 7.18. The van der Waals surface area contributed by atoms with Crippen LogP contribution in [0.15, 0.2) is 42.5 Å². The molecule has 0 radical (unpaired) electrons. The van der Waals surface area contributed by atoms with Gasteiger partial charge in [0, 0.05) is 23.7 Å². The van der Waals surface area contributed by atoms with E-state index in [9.17, 15) is 4.39 Å². The number of aromatic nitrogens is 1. The smallest absolute Gasteiger partial charge is 0.129 e. The predicted molar refractivity (Wildman–Crippen MR) is 81.6 cm³/mol. The van der Waals surface area contributed by atoms with Crippen LogP contribution in [0.5, 0.6) is 0 Å². The van der Waals surface area contributed by atoms with Crippen molar-refractivity contribution in [3.05, 3.63) is 63.9 Å². The zero-order valence-corrected chi connectivity index (χ0v) is 12.1. The molecule has 0 aliphatic carbocycles. The second-order valence-electron chi connectivity index (χ2n) is 4.38. The molecule has 2 nitrogen and oxygen atoms in total. The van der Waals surface area contributed by atoms with E-state index < -0.39 is 0 Å². The van der Waals surface area contributed by atoms with Gasteiger partial charge in [-0.15, -0.1) is 11.3 Å². The van der Waals surface area contributed by atoms with Gasteiger partial charge in [-0.2, -0.15) is 0 Å². The van der Waals surface area contributed by atoms with Crippen LogP contribution in [0.25, 0.3) is 10.2 Å². The number of halogens is 2. The Kier molecular flexibility index (Phi) is 3.96. The van der Waals surface area contributed by atoms with Crippen LogP contribution in [0.3, 0.4) is 0 Å². The highest BCUT2D eigenvalue weighted by atomic mass is 35.5. The Labute approximate surface area is 125 Å². The lowest BCUT2D eigenvalue weighted by Gasteiger charge is -2.06. The van der Waals surface area contributed by atoms with Crippen molar-refractivity contribution >= 4 is 33.2 Å². The molecule has 1 N–H and O–H groups in total. The minimum Gasteiger partial charge on any atom is -0.306 e. The lowest BCUT2D eigenvalue weighted by atomic mass is 10.2. The summed E-state index contributed by atoms with van der Waals surface area (Å²) in [7, 11) is 0. The van der Waals surface area contributed by atoms with Crippen LogP contribution in [0, 0.1) is 5.82 Å². The summed E-state index contributed by atoms with van der Waals surface area (Å²) >= 11 is 7.62. The summed E-state index contributed by atoms with van der Waals surface area (Å²) in [6.07, 6.45) is 0. The summed E-state index contributed by atoms with van der Waals surface area (Å²) in [6.45, 7) is 0.992. The monoisotopic (exact) mass is 306 g/mol. The van der Waals surface area contributed by atoms with Gasteiger partial charge in [0.25, 0.3) is 0 Å². The molecule has 102 valence electrons. The van der Waals surface area contributed by atoms with Gasteiger partial charge in [0.2, 0.25) is 0 Å². The fourth-order valence-corrected chi connectivity index (χ4v) is 3.16. The fraction of sp³-hybridized carbons (Fsp3) is 0.133. The molecule has 5 heteroatoms. The normalized spacial score (nSPS) is 11.1. The molecule has 0 fully saturated rings. The van der Waals surface area contributed by atoms with E-state index in [1.54, 1.807) is 23.5 Å². The fourth-order valence-electron chi connectivity index (χ4n) is 1.99. The van der Waals surface area contributed by atoms with E-state index in [4.69, 9.17) is 11.6 Å². The van der Waals surface area contributed by atoms with Crippen LogP contribution in [0.1, 0.15) is 10.6 Å². The molecule has 1 aromatic heterocycles. The quantitative estimate of drug-likeness (QED) is 0.774. The van der Waals surface area contributed by atoms with E-state index in [1.165, 1.54) is 6.07 Å². The molecule has 0 saturated carbocycles. The number of thiazole rings is 1. The zero-order chi connectivity index (χ0) is 13.9. The number of benzene rings is 2. The van der Waals surface area contributed by atoms with Gasteiger partial charge < -0.3 is 5.32 Å². The van der Waals surface area contributed by atoms with Crippen molar-refractivity contribution in [1.29, 1.82) is 0 Å². The summed E-state index contributed by atoms with van der Waals surface area (Å²) in [5.41, 5.74) is 1.49. The number of para-hydroxylation sites is 1. The molecule has 0 bridgehead atoms. The minimum absolute atomic E-state index is 0.283. The first-order valence-corrected chi connectivity index (χ1v) is 7.41. The van der Waals surface area contributed by atoms with Crippen LogP contribution >= 0.6 is 22.9 Å². The van der Waals surface area contributed by atoms with E-state index in [2.05, 4.69) is 10.3 Å². The lowest BCUT2D eigenvalue weighted by Crippen LogP contribution is -2.13. The molecular formula is C15H12ClFN2S. The van der Waals surface area contributed by atoms with E-state index in [0.717, 1.165) is 15.2 Å². The molecule has 0 spiro atoms. The average Bonchev–Trinajstić information content (AvgIpc) is 2.84. The second-order valence-corrected chi connectivity index (χ2v) is 5.90. The molecule has 0 aliphatic rings. The molecular weight excluding hydrogens is 295 g/mol. The van der Waals surface area contributed by atoms with Gasteiger partial charge in [-0.25, -0.2) is 9.37 Å². The second kappa shape index (κ2) is 5.87. The maximum absolute atomic E-state index is 13.6. The van der Waals surface area contributed by atoms with Crippen LogP contribution in [-0.2, 0) is 13.1 Å². The third-order valence-corrected chi connectivity index (χ3v) is 4.37. The maximum atomic E-state index is 13.6. The van der Waals surface area contributed by atoms with E-state index in [1.807, 2.05) is 24.3 Å². The first kappa shape index (κ1) is 13.5. The number of rotatable bonds is 4. The molecule has 1 heterocycles. The van der Waals surface area contributed by atoms with Crippen molar-refractivity contribution in [1.82, 2.24) is 10.3 Å². The maximum Gasteiger partial charge on any atom is 0.129 e. The third-order valence-electron chi connectivity index (χ3n) is 2.98. The van der Waals surface area contributed by atoms with Gasteiger partial charge in [0.1, 0.15) is 10.8 Å². The Morgan fingerprint density at radius 3 is 2.75 bits per heavy atom. The number of nitrogens with zero attached hydrogens (tertiary/aromatic N) is 1. The van der Waals surface area contributed by atoms with Crippen molar-refractivity contribution in [3.8, 4) is 0 Å². The SMILES string of the molecule is Fc1cccc(Cl)c1CNCc1nc2ccccc2s1. The highest BCUT2D eigenvalue weighted by Gasteiger charge is 2.07. The van der Waals surface area contributed by atoms with Crippen molar-refractivity contribution in [2.24, 2.45) is 0 Å². The number of nitrogens with one attached hydrogen (secondary N) is 1. The molecule has 0 aliphatic heterocycles. The van der Waals surface area contributed by atoms with Gasteiger partial charge in [0.05, 0.1) is 10.2 Å². The Balaban J connectivity index is 1.68. The number of hydrogen-bond donors (Lipinski definition) is 1. The van der Waals surface area contributed by atoms with Crippen molar-refractivity contribution < 1.29 is 4.39 Å². The van der Waals surface area contributed by atoms with Gasteiger partial charge in [-0.3, -0.25) is 0 Å². The topological polar surface area (TPSA) is 24.9 Å². The summed E-state index contributed by atoms with van der Waals surface area (Å²) in [4.78, 5) is 4.52. The summed E-state index contributed by atoms with van der Waals surface area (Å²) < 4.78 is 14.8. The Morgan fingerprint density at radius 2 is 1.95 bits per heavy atom. The van der Waals surface area contributed by atoms with Gasteiger partial charge in [0.15, 0.2) is 0 Å². The first-order chi connectivity index (χ1) is 9.74. The largest absolute Gasteiger partial charge is 0.306 e. The molecule has 20 heavy (non-hydrogen) atoms. The van der Waals surface area contributed by atoms with Gasteiger partial charge >= 0.3 is 0 Å². The average molecular weight is 307 g/mol.